The van der Waals surface area contributed by atoms with Crippen LogP contribution in [-0.4, -0.2) is 19.0 Å². The van der Waals surface area contributed by atoms with Gasteiger partial charge in [-0.2, -0.15) is 5.26 Å². The second kappa shape index (κ2) is 10.1. The van der Waals surface area contributed by atoms with Crippen LogP contribution in [0.2, 0.25) is 0 Å². The summed E-state index contributed by atoms with van der Waals surface area (Å²) in [7, 11) is 4.00. The number of hydrogen-bond donors (Lipinski definition) is 1. The number of nitrogens with zero attached hydrogens (tertiary/aromatic N) is 2. The van der Waals surface area contributed by atoms with Crippen LogP contribution >= 0.6 is 0 Å². The van der Waals surface area contributed by atoms with Crippen LogP contribution in [0.5, 0.6) is 0 Å². The third kappa shape index (κ3) is 5.27. The summed E-state index contributed by atoms with van der Waals surface area (Å²) in [6.07, 6.45) is 23.7. The highest BCUT2D eigenvalue weighted by atomic mass is 15.1. The van der Waals surface area contributed by atoms with Crippen LogP contribution in [0.1, 0.15) is 24.8 Å². The second-order valence-electron chi connectivity index (χ2n) is 6.92. The van der Waals surface area contributed by atoms with E-state index in [-0.39, 0.29) is 0 Å². The largest absolute Gasteiger partial charge is 0.388 e. The first kappa shape index (κ1) is 20.2. The Hall–Kier alpha value is -3.51. The Morgan fingerprint density at radius 3 is 2.83 bits per heavy atom. The molecule has 1 aromatic rings. The minimum atomic E-state index is 0.641. The van der Waals surface area contributed by atoms with E-state index < -0.39 is 0 Å². The summed E-state index contributed by atoms with van der Waals surface area (Å²) in [4.78, 5) is 2.18. The number of para-hydroxylation sites is 1. The van der Waals surface area contributed by atoms with Crippen molar-refractivity contribution in [3.63, 3.8) is 0 Å². The van der Waals surface area contributed by atoms with Crippen LogP contribution in [0.3, 0.4) is 0 Å². The molecule has 3 heteroatoms. The van der Waals surface area contributed by atoms with Gasteiger partial charge in [0.2, 0.25) is 0 Å². The molecule has 3 nitrogen and oxygen atoms in total. The SMILES string of the molecule is CNc1ccccc1/C=C\C/C=C/C(C#N)=C/C=C1\C=CC2=CCCC=C2N1C. The van der Waals surface area contributed by atoms with E-state index in [1.54, 1.807) is 0 Å². The highest BCUT2D eigenvalue weighted by molar-refractivity contribution is 5.66. The van der Waals surface area contributed by atoms with Crippen molar-refractivity contribution in [1.82, 2.24) is 4.90 Å². The molecule has 3 rings (SSSR count). The minimum Gasteiger partial charge on any atom is -0.388 e. The van der Waals surface area contributed by atoms with Crippen LogP contribution < -0.4 is 5.32 Å². The molecule has 0 radical (unpaired) electrons. The molecule has 1 aromatic carbocycles. The molecule has 0 saturated heterocycles. The Morgan fingerprint density at radius 1 is 1.17 bits per heavy atom. The lowest BCUT2D eigenvalue weighted by Crippen LogP contribution is -2.21. The molecule has 146 valence electrons. The fourth-order valence-electron chi connectivity index (χ4n) is 3.40. The van der Waals surface area contributed by atoms with Gasteiger partial charge in [0.1, 0.15) is 0 Å². The van der Waals surface area contributed by atoms with Crippen LogP contribution in [-0.2, 0) is 0 Å². The maximum atomic E-state index is 9.43. The lowest BCUT2D eigenvalue weighted by molar-refractivity contribution is 0.533. The van der Waals surface area contributed by atoms with E-state index in [1.807, 2.05) is 43.5 Å². The molecule has 1 aliphatic heterocycles. The van der Waals surface area contributed by atoms with Crippen molar-refractivity contribution in [1.29, 1.82) is 5.26 Å². The number of hydrogen-bond acceptors (Lipinski definition) is 3. The van der Waals surface area contributed by atoms with E-state index >= 15 is 0 Å². The number of nitriles is 1. The maximum absolute atomic E-state index is 9.43. The summed E-state index contributed by atoms with van der Waals surface area (Å²) in [5, 5.41) is 12.6. The van der Waals surface area contributed by atoms with Crippen LogP contribution in [0.15, 0.2) is 101 Å². The smallest absolute Gasteiger partial charge is 0.0991 e. The van der Waals surface area contributed by atoms with Crippen LogP contribution in [0.4, 0.5) is 5.69 Å². The van der Waals surface area contributed by atoms with Gasteiger partial charge in [-0.05, 0) is 60.8 Å². The number of benzene rings is 1. The molecular formula is C26H27N3. The maximum Gasteiger partial charge on any atom is 0.0991 e. The average Bonchev–Trinajstić information content (AvgIpc) is 2.77. The molecule has 0 bridgehead atoms. The fraction of sp³-hybridized carbons (Fsp3) is 0.192. The van der Waals surface area contributed by atoms with Gasteiger partial charge >= 0.3 is 0 Å². The summed E-state index contributed by atoms with van der Waals surface area (Å²) >= 11 is 0. The molecule has 1 N–H and O–H groups in total. The standard InChI is InChI=1S/C26H27N3/c1-28-25-14-8-6-12-22(25)11-5-3-4-10-21(20-27)16-18-24-19-17-23-13-7-9-15-26(23)29(24)2/h4-6,8,10-19,28H,3,7,9H2,1-2H3/b10-4+,11-5-,21-16-,24-18+. The Morgan fingerprint density at radius 2 is 2.00 bits per heavy atom. The summed E-state index contributed by atoms with van der Waals surface area (Å²) in [5.74, 6) is 0. The molecule has 1 aliphatic carbocycles. The first-order valence-corrected chi connectivity index (χ1v) is 9.97. The van der Waals surface area contributed by atoms with E-state index in [1.165, 1.54) is 11.3 Å². The predicted molar refractivity (Wildman–Crippen MR) is 123 cm³/mol. The third-order valence-electron chi connectivity index (χ3n) is 5.01. The third-order valence-corrected chi connectivity index (χ3v) is 5.01. The molecule has 0 saturated carbocycles. The second-order valence-corrected chi connectivity index (χ2v) is 6.92. The van der Waals surface area contributed by atoms with Gasteiger partial charge in [0, 0.05) is 31.2 Å². The van der Waals surface area contributed by atoms with Crippen molar-refractivity contribution in [2.75, 3.05) is 19.4 Å². The highest BCUT2D eigenvalue weighted by Crippen LogP contribution is 2.30. The number of fused-ring (bicyclic) bond motifs is 1. The summed E-state index contributed by atoms with van der Waals surface area (Å²) in [5.41, 5.74) is 6.52. The summed E-state index contributed by atoms with van der Waals surface area (Å²) < 4.78 is 0. The molecule has 0 spiro atoms. The first-order valence-electron chi connectivity index (χ1n) is 9.97. The quantitative estimate of drug-likeness (QED) is 0.476. The first-order chi connectivity index (χ1) is 14.2. The monoisotopic (exact) mass is 381 g/mol. The molecule has 0 atom stereocenters. The average molecular weight is 382 g/mol. The Balaban J connectivity index is 1.64. The number of rotatable bonds is 6. The van der Waals surface area contributed by atoms with E-state index in [0.29, 0.717) is 5.57 Å². The van der Waals surface area contributed by atoms with Gasteiger partial charge in [0.05, 0.1) is 11.6 Å². The molecule has 0 unspecified atom stereocenters. The highest BCUT2D eigenvalue weighted by Gasteiger charge is 2.17. The van der Waals surface area contributed by atoms with E-state index in [2.05, 4.69) is 71.9 Å². The summed E-state index contributed by atoms with van der Waals surface area (Å²) in [6.45, 7) is 0. The molecule has 0 amide bonds. The fourth-order valence-corrected chi connectivity index (χ4v) is 3.40. The zero-order valence-corrected chi connectivity index (χ0v) is 17.1. The zero-order valence-electron chi connectivity index (χ0n) is 17.1. The van der Waals surface area contributed by atoms with Crippen molar-refractivity contribution in [3.8, 4) is 6.07 Å². The lowest BCUT2D eigenvalue weighted by atomic mass is 9.98. The van der Waals surface area contributed by atoms with Gasteiger partial charge in [-0.3, -0.25) is 0 Å². The Kier molecular flexibility index (Phi) is 7.08. The predicted octanol–water partition coefficient (Wildman–Crippen LogP) is 6.13. The minimum absolute atomic E-state index is 0.641. The van der Waals surface area contributed by atoms with Gasteiger partial charge in [-0.1, -0.05) is 54.7 Å². The number of nitrogens with one attached hydrogen (secondary N) is 1. The summed E-state index contributed by atoms with van der Waals surface area (Å²) in [6, 6.07) is 10.4. The van der Waals surface area contributed by atoms with Crippen LogP contribution in [0, 0.1) is 11.3 Å². The van der Waals surface area contributed by atoms with E-state index in [0.717, 1.165) is 36.2 Å². The van der Waals surface area contributed by atoms with Gasteiger partial charge in [-0.15, -0.1) is 0 Å². The van der Waals surface area contributed by atoms with Crippen LogP contribution in [0.25, 0.3) is 6.08 Å². The zero-order chi connectivity index (χ0) is 20.5. The molecule has 29 heavy (non-hydrogen) atoms. The normalized spacial score (nSPS) is 18.0. The van der Waals surface area contributed by atoms with Crippen molar-refractivity contribution < 1.29 is 0 Å². The van der Waals surface area contributed by atoms with Gasteiger partial charge < -0.3 is 10.2 Å². The van der Waals surface area contributed by atoms with Crippen molar-refractivity contribution >= 4 is 11.8 Å². The van der Waals surface area contributed by atoms with Gasteiger partial charge in [0.15, 0.2) is 0 Å². The topological polar surface area (TPSA) is 39.1 Å². The molecule has 0 aromatic heterocycles. The van der Waals surface area contributed by atoms with Gasteiger partial charge in [-0.25, -0.2) is 0 Å². The molecule has 2 aliphatic rings. The lowest BCUT2D eigenvalue weighted by Gasteiger charge is -2.30. The Bertz CT molecular complexity index is 991. The Labute approximate surface area is 174 Å². The molecular weight excluding hydrogens is 354 g/mol. The van der Waals surface area contributed by atoms with E-state index in [4.69, 9.17) is 0 Å². The number of anilines is 1. The van der Waals surface area contributed by atoms with Crippen molar-refractivity contribution in [2.45, 2.75) is 19.3 Å². The van der Waals surface area contributed by atoms with Gasteiger partial charge in [0.25, 0.3) is 0 Å². The van der Waals surface area contributed by atoms with E-state index in [9.17, 15) is 5.26 Å². The number of allylic oxidation sites excluding steroid dienone is 10. The van der Waals surface area contributed by atoms with Crippen molar-refractivity contribution in [3.05, 3.63) is 107 Å². The van der Waals surface area contributed by atoms with Crippen molar-refractivity contribution in [2.24, 2.45) is 0 Å². The number of likely N-dealkylation sites (N-methyl/N-ethyl adjacent to an activating group) is 1. The molecule has 1 heterocycles. The molecule has 0 fully saturated rings.